The molecule has 2 heterocycles. The quantitative estimate of drug-likeness (QED) is 0.639. The third-order valence-electron chi connectivity index (χ3n) is 6.67. The molecule has 3 rings (SSSR count). The fraction of sp³-hybridized carbons (Fsp3) is 0.696. The maximum absolute atomic E-state index is 12.9. The molecule has 180 valence electrons. The molecule has 0 spiro atoms. The Balaban J connectivity index is 1.78. The molecule has 7 nitrogen and oxygen atoms in total. The number of rotatable bonds is 6. The number of ether oxygens (including phenoxy) is 2. The average Bonchev–Trinajstić information content (AvgIpc) is 3.08. The number of likely N-dealkylation sites (tertiary alicyclic amines) is 1. The zero-order valence-corrected chi connectivity index (χ0v) is 21.1. The van der Waals surface area contributed by atoms with E-state index in [0.717, 1.165) is 24.0 Å². The van der Waals surface area contributed by atoms with Crippen molar-refractivity contribution in [1.82, 2.24) is 4.90 Å². The molecule has 32 heavy (non-hydrogen) atoms. The van der Waals surface area contributed by atoms with Gasteiger partial charge >= 0.3 is 0 Å². The van der Waals surface area contributed by atoms with Gasteiger partial charge in [-0.05, 0) is 89.0 Å². The Kier molecular flexibility index (Phi) is 7.62. The van der Waals surface area contributed by atoms with Gasteiger partial charge in [-0.15, -0.1) is 0 Å². The Labute approximate surface area is 198 Å². The minimum absolute atomic E-state index is 0.0461. The van der Waals surface area contributed by atoms with Gasteiger partial charge in [0.05, 0.1) is 22.3 Å². The molecular weight excluding hydrogens is 452 g/mol. The molecule has 2 aliphatic rings. The molecule has 0 saturated carbocycles. The number of nitrogens with zero attached hydrogens (tertiary/aromatic N) is 1. The van der Waals surface area contributed by atoms with E-state index in [0.29, 0.717) is 24.5 Å². The summed E-state index contributed by atoms with van der Waals surface area (Å²) in [5, 5.41) is 17.1. The first-order valence-corrected chi connectivity index (χ1v) is 12.7. The predicted octanol–water partition coefficient (Wildman–Crippen LogP) is 3.62. The summed E-state index contributed by atoms with van der Waals surface area (Å²) in [6, 6.07) is 3.49. The van der Waals surface area contributed by atoms with Gasteiger partial charge in [-0.2, -0.15) is 0 Å². The monoisotopic (exact) mass is 486 g/mol. The zero-order valence-electron chi connectivity index (χ0n) is 19.5. The van der Waals surface area contributed by atoms with Crippen LogP contribution in [0, 0.1) is 12.8 Å². The van der Waals surface area contributed by atoms with E-state index in [1.54, 1.807) is 19.9 Å². The van der Waals surface area contributed by atoms with Gasteiger partial charge in [-0.1, -0.05) is 11.6 Å². The van der Waals surface area contributed by atoms with E-state index >= 15 is 0 Å². The molecule has 9 heteroatoms. The first-order valence-electron chi connectivity index (χ1n) is 11.1. The minimum atomic E-state index is -1.52. The molecule has 0 bridgehead atoms. The van der Waals surface area contributed by atoms with Gasteiger partial charge in [-0.25, -0.2) is 4.21 Å². The van der Waals surface area contributed by atoms with Gasteiger partial charge in [0.25, 0.3) is 5.91 Å². The highest BCUT2D eigenvalue weighted by atomic mass is 35.5. The lowest BCUT2D eigenvalue weighted by atomic mass is 9.75. The van der Waals surface area contributed by atoms with Crippen molar-refractivity contribution < 1.29 is 23.6 Å². The number of amides is 1. The molecular formula is C23H35ClN2O5S. The van der Waals surface area contributed by atoms with Crippen molar-refractivity contribution in [3.05, 3.63) is 28.3 Å². The van der Waals surface area contributed by atoms with Crippen molar-refractivity contribution in [3.63, 3.8) is 0 Å². The summed E-state index contributed by atoms with van der Waals surface area (Å²) >= 11 is 6.39. The molecule has 2 aliphatic heterocycles. The van der Waals surface area contributed by atoms with Crippen LogP contribution in [0.1, 0.15) is 64.0 Å². The fourth-order valence-electron chi connectivity index (χ4n) is 4.66. The number of aryl methyl sites for hydroxylation is 1. The van der Waals surface area contributed by atoms with Gasteiger partial charge in [-0.3, -0.25) is 9.93 Å². The van der Waals surface area contributed by atoms with E-state index in [4.69, 9.17) is 26.2 Å². The van der Waals surface area contributed by atoms with Crippen molar-refractivity contribution in [2.75, 3.05) is 19.7 Å². The summed E-state index contributed by atoms with van der Waals surface area (Å²) in [7, 11) is -1.52. The van der Waals surface area contributed by atoms with Crippen LogP contribution >= 0.6 is 11.6 Å². The molecule has 1 amide bonds. The number of benzene rings is 1. The van der Waals surface area contributed by atoms with E-state index in [2.05, 4.69) is 0 Å². The highest BCUT2D eigenvalue weighted by molar-refractivity contribution is 7.84. The molecule has 1 unspecified atom stereocenters. The van der Waals surface area contributed by atoms with E-state index in [-0.39, 0.29) is 30.1 Å². The SMILES string of the molecule is Cc1cc(O)c([C@H](CC(C)(C)S(N)=O)C2CCN(C(=O)[C@H]3COC(C)(C)O3)CC2)cc1Cl. The van der Waals surface area contributed by atoms with Gasteiger partial charge < -0.3 is 19.5 Å². The summed E-state index contributed by atoms with van der Waals surface area (Å²) in [6.45, 7) is 10.7. The summed E-state index contributed by atoms with van der Waals surface area (Å²) in [4.78, 5) is 14.7. The lowest BCUT2D eigenvalue weighted by Crippen LogP contribution is -2.46. The molecule has 3 atom stereocenters. The highest BCUT2D eigenvalue weighted by Crippen LogP contribution is 2.44. The van der Waals surface area contributed by atoms with Gasteiger partial charge in [0.15, 0.2) is 11.9 Å². The summed E-state index contributed by atoms with van der Waals surface area (Å²) in [5.41, 5.74) is 1.55. The van der Waals surface area contributed by atoms with Gasteiger partial charge in [0, 0.05) is 18.1 Å². The van der Waals surface area contributed by atoms with Crippen LogP contribution in [0.25, 0.3) is 0 Å². The summed E-state index contributed by atoms with van der Waals surface area (Å²) in [5.74, 6) is -0.500. The number of carbonyl (C=O) groups is 1. The average molecular weight is 487 g/mol. The number of hydrogen-bond acceptors (Lipinski definition) is 5. The smallest absolute Gasteiger partial charge is 0.254 e. The lowest BCUT2D eigenvalue weighted by molar-refractivity contribution is -0.161. The molecule has 1 aromatic rings. The van der Waals surface area contributed by atoms with Gasteiger partial charge in [0.1, 0.15) is 5.75 Å². The van der Waals surface area contributed by atoms with Crippen LogP contribution in [0.5, 0.6) is 5.75 Å². The number of aromatic hydroxyl groups is 1. The van der Waals surface area contributed by atoms with Crippen molar-refractivity contribution >= 4 is 28.5 Å². The minimum Gasteiger partial charge on any atom is -0.508 e. The molecule has 2 fully saturated rings. The third-order valence-corrected chi connectivity index (χ3v) is 8.33. The van der Waals surface area contributed by atoms with Crippen molar-refractivity contribution in [3.8, 4) is 5.75 Å². The second-order valence-electron chi connectivity index (χ2n) is 10.0. The predicted molar refractivity (Wildman–Crippen MR) is 126 cm³/mol. The van der Waals surface area contributed by atoms with E-state index in [1.807, 2.05) is 31.7 Å². The van der Waals surface area contributed by atoms with Crippen molar-refractivity contribution in [2.45, 2.75) is 76.4 Å². The Morgan fingerprint density at radius 1 is 1.38 bits per heavy atom. The van der Waals surface area contributed by atoms with Crippen LogP contribution in [0.3, 0.4) is 0 Å². The number of phenolic OH excluding ortho intramolecular Hbond substituents is 1. The molecule has 2 saturated heterocycles. The molecule has 0 aromatic heterocycles. The second-order valence-corrected chi connectivity index (χ2v) is 12.1. The normalized spacial score (nSPS) is 23.8. The highest BCUT2D eigenvalue weighted by Gasteiger charge is 2.41. The molecule has 3 N–H and O–H groups in total. The van der Waals surface area contributed by atoms with Crippen LogP contribution in [0.15, 0.2) is 12.1 Å². The first kappa shape index (κ1) is 25.4. The van der Waals surface area contributed by atoms with E-state index < -0.39 is 27.6 Å². The molecule has 1 aromatic carbocycles. The number of carbonyl (C=O) groups excluding carboxylic acids is 1. The molecule has 0 radical (unpaired) electrons. The van der Waals surface area contributed by atoms with E-state index in [1.165, 1.54) is 0 Å². The zero-order chi connectivity index (χ0) is 23.8. The number of piperidine rings is 1. The number of halogens is 1. The van der Waals surface area contributed by atoms with Crippen LogP contribution < -0.4 is 5.14 Å². The Morgan fingerprint density at radius 2 is 2.00 bits per heavy atom. The van der Waals surface area contributed by atoms with Gasteiger partial charge in [0.2, 0.25) is 0 Å². The largest absolute Gasteiger partial charge is 0.508 e. The third kappa shape index (κ3) is 5.65. The summed E-state index contributed by atoms with van der Waals surface area (Å²) in [6.07, 6.45) is 1.48. The molecule has 0 aliphatic carbocycles. The van der Waals surface area contributed by atoms with Crippen molar-refractivity contribution in [2.24, 2.45) is 11.1 Å². The van der Waals surface area contributed by atoms with E-state index in [9.17, 15) is 14.1 Å². The van der Waals surface area contributed by atoms with Crippen LogP contribution in [0.2, 0.25) is 5.02 Å². The van der Waals surface area contributed by atoms with Crippen LogP contribution in [-0.4, -0.2) is 56.5 Å². The maximum Gasteiger partial charge on any atom is 0.254 e. The second kappa shape index (κ2) is 9.58. The maximum atomic E-state index is 12.9. The fourth-order valence-corrected chi connectivity index (χ4v) is 5.17. The first-order chi connectivity index (χ1) is 14.8. The number of phenols is 1. The Morgan fingerprint density at radius 3 is 2.53 bits per heavy atom. The Bertz CT molecular complexity index is 883. The number of nitrogens with two attached hydrogens (primary N) is 1. The Hall–Kier alpha value is -1.19. The van der Waals surface area contributed by atoms with Crippen LogP contribution in [0.4, 0.5) is 0 Å². The van der Waals surface area contributed by atoms with Crippen molar-refractivity contribution in [1.29, 1.82) is 0 Å². The van der Waals surface area contributed by atoms with Crippen LogP contribution in [-0.2, 0) is 25.3 Å². The summed E-state index contributed by atoms with van der Waals surface area (Å²) < 4.78 is 22.8. The standard InChI is InChI=1S/C23H35ClN2O5S/c1-14-10-19(27)16(11-18(14)24)17(12-22(2,3)32(25)29)15-6-8-26(9-7-15)21(28)20-13-30-23(4,5)31-20/h10-11,15,17,20,27H,6-9,12-13,25H2,1-5H3/t17-,20-,32?/m1/s1. The topological polar surface area (TPSA) is 102 Å². The lowest BCUT2D eigenvalue weighted by Gasteiger charge is -2.39. The number of hydrogen-bond donors (Lipinski definition) is 2.